The van der Waals surface area contributed by atoms with Crippen LogP contribution >= 0.6 is 11.6 Å². The van der Waals surface area contributed by atoms with Gasteiger partial charge in [0.05, 0.1) is 18.8 Å². The lowest BCUT2D eigenvalue weighted by molar-refractivity contribution is 0.181. The average Bonchev–Trinajstić information content (AvgIpc) is 2.47. The third-order valence-electron chi connectivity index (χ3n) is 3.14. The van der Waals surface area contributed by atoms with E-state index >= 15 is 0 Å². The molecular weight excluding hydrogens is 290 g/mol. The summed E-state index contributed by atoms with van der Waals surface area (Å²) >= 11 is 5.89. The zero-order valence-corrected chi connectivity index (χ0v) is 12.8. The number of methoxy groups -OCH3 is 1. The van der Waals surface area contributed by atoms with Crippen molar-refractivity contribution >= 4 is 11.6 Å². The molecule has 112 valence electrons. The van der Waals surface area contributed by atoms with Crippen LogP contribution in [0.4, 0.5) is 0 Å². The highest BCUT2D eigenvalue weighted by molar-refractivity contribution is 6.30. The molecule has 0 spiro atoms. The summed E-state index contributed by atoms with van der Waals surface area (Å²) in [7, 11) is 1.58. The first-order valence-corrected chi connectivity index (χ1v) is 7.03. The Balaban J connectivity index is 2.52. The minimum absolute atomic E-state index is 0.181. The number of ether oxygens (including phenoxy) is 1. The smallest absolute Gasteiger partial charge is 0.271 e. The Labute approximate surface area is 128 Å². The summed E-state index contributed by atoms with van der Waals surface area (Å²) in [6, 6.07) is 8.67. The molecule has 6 heteroatoms. The molecule has 1 aromatic heterocycles. The molecule has 1 unspecified atom stereocenters. The summed E-state index contributed by atoms with van der Waals surface area (Å²) in [6.07, 6.45) is 0. The number of hydrogen-bond acceptors (Lipinski definition) is 4. The van der Waals surface area contributed by atoms with Gasteiger partial charge in [-0.3, -0.25) is 4.79 Å². The van der Waals surface area contributed by atoms with Crippen LogP contribution < -0.4 is 11.3 Å². The summed E-state index contributed by atoms with van der Waals surface area (Å²) < 4.78 is 6.41. The first kappa shape index (κ1) is 15.7. The fourth-order valence-electron chi connectivity index (χ4n) is 1.98. The van der Waals surface area contributed by atoms with Crippen molar-refractivity contribution in [2.75, 3.05) is 13.7 Å². The summed E-state index contributed by atoms with van der Waals surface area (Å²) in [5.41, 5.74) is 7.81. The first-order chi connectivity index (χ1) is 10.0. The van der Waals surface area contributed by atoms with Crippen LogP contribution in [0.2, 0.25) is 5.02 Å². The number of aromatic nitrogens is 2. The van der Waals surface area contributed by atoms with Crippen molar-refractivity contribution in [3.05, 3.63) is 51.3 Å². The van der Waals surface area contributed by atoms with E-state index in [0.29, 0.717) is 29.4 Å². The van der Waals surface area contributed by atoms with Gasteiger partial charge in [0.1, 0.15) is 0 Å². The molecule has 0 radical (unpaired) electrons. The maximum absolute atomic E-state index is 12.3. The lowest BCUT2D eigenvalue weighted by Gasteiger charge is -2.12. The third-order valence-corrected chi connectivity index (χ3v) is 3.39. The Morgan fingerprint density at radius 3 is 2.62 bits per heavy atom. The topological polar surface area (TPSA) is 70.1 Å². The molecular formula is C15H18ClN3O2. The monoisotopic (exact) mass is 307 g/mol. The molecule has 1 heterocycles. The van der Waals surface area contributed by atoms with E-state index in [1.807, 2.05) is 12.1 Å². The second kappa shape index (κ2) is 6.85. The summed E-state index contributed by atoms with van der Waals surface area (Å²) in [6.45, 7) is 2.58. The molecule has 1 atom stereocenters. The van der Waals surface area contributed by atoms with E-state index in [1.54, 1.807) is 32.2 Å². The van der Waals surface area contributed by atoms with Crippen LogP contribution in [-0.2, 0) is 11.3 Å². The van der Waals surface area contributed by atoms with E-state index < -0.39 is 0 Å². The van der Waals surface area contributed by atoms with E-state index in [1.165, 1.54) is 4.68 Å². The molecule has 0 saturated carbocycles. The van der Waals surface area contributed by atoms with Gasteiger partial charge in [-0.2, -0.15) is 5.10 Å². The molecule has 21 heavy (non-hydrogen) atoms. The van der Waals surface area contributed by atoms with Crippen molar-refractivity contribution in [1.82, 2.24) is 9.78 Å². The van der Waals surface area contributed by atoms with Gasteiger partial charge >= 0.3 is 0 Å². The van der Waals surface area contributed by atoms with Crippen LogP contribution in [-0.4, -0.2) is 23.5 Å². The normalized spacial score (nSPS) is 12.4. The molecule has 0 aliphatic heterocycles. The second-order valence-electron chi connectivity index (χ2n) is 4.80. The van der Waals surface area contributed by atoms with Gasteiger partial charge < -0.3 is 10.5 Å². The minimum Gasteiger partial charge on any atom is -0.383 e. The van der Waals surface area contributed by atoms with E-state index in [2.05, 4.69) is 5.10 Å². The Kier molecular flexibility index (Phi) is 5.12. The van der Waals surface area contributed by atoms with Crippen LogP contribution in [0.5, 0.6) is 0 Å². The maximum atomic E-state index is 12.3. The molecule has 0 aliphatic carbocycles. The minimum atomic E-state index is -0.361. The Hall–Kier alpha value is -1.69. The third kappa shape index (κ3) is 3.69. The lowest BCUT2D eigenvalue weighted by Crippen LogP contribution is -2.30. The van der Waals surface area contributed by atoms with E-state index in [9.17, 15) is 4.79 Å². The zero-order chi connectivity index (χ0) is 15.4. The molecule has 2 rings (SSSR count). The van der Waals surface area contributed by atoms with Gasteiger partial charge in [0.25, 0.3) is 5.56 Å². The molecule has 5 nitrogen and oxygen atoms in total. The number of nitrogens with two attached hydrogens (primary N) is 1. The Morgan fingerprint density at radius 1 is 1.38 bits per heavy atom. The van der Waals surface area contributed by atoms with E-state index in [-0.39, 0.29) is 11.6 Å². The van der Waals surface area contributed by atoms with Crippen molar-refractivity contribution in [1.29, 1.82) is 0 Å². The first-order valence-electron chi connectivity index (χ1n) is 6.65. The van der Waals surface area contributed by atoms with Crippen LogP contribution in [0.25, 0.3) is 11.3 Å². The van der Waals surface area contributed by atoms with Crippen molar-refractivity contribution in [3.63, 3.8) is 0 Å². The molecule has 0 bridgehead atoms. The lowest BCUT2D eigenvalue weighted by atomic mass is 10.1. The van der Waals surface area contributed by atoms with Crippen molar-refractivity contribution in [3.8, 4) is 11.3 Å². The van der Waals surface area contributed by atoms with Crippen LogP contribution in [0.15, 0.2) is 35.1 Å². The summed E-state index contributed by atoms with van der Waals surface area (Å²) in [5, 5.41) is 5.03. The second-order valence-corrected chi connectivity index (χ2v) is 5.24. The predicted molar refractivity (Wildman–Crippen MR) is 83.4 cm³/mol. The molecule has 0 fully saturated rings. The zero-order valence-electron chi connectivity index (χ0n) is 12.0. The van der Waals surface area contributed by atoms with Gasteiger partial charge in [-0.1, -0.05) is 23.7 Å². The Bertz CT molecular complexity index is 666. The predicted octanol–water partition coefficient (Wildman–Crippen LogP) is 2.23. The van der Waals surface area contributed by atoms with E-state index in [0.717, 1.165) is 5.56 Å². The molecule has 0 saturated heterocycles. The summed E-state index contributed by atoms with van der Waals surface area (Å²) in [5.74, 6) is 0. The van der Waals surface area contributed by atoms with Gasteiger partial charge in [-0.25, -0.2) is 4.68 Å². The highest BCUT2D eigenvalue weighted by atomic mass is 35.5. The van der Waals surface area contributed by atoms with Gasteiger partial charge in [-0.05, 0) is 25.1 Å². The number of nitrogens with zero attached hydrogens (tertiary/aromatic N) is 2. The van der Waals surface area contributed by atoms with Crippen molar-refractivity contribution in [2.24, 2.45) is 5.73 Å². The number of benzene rings is 1. The standard InChI is InChI=1S/C15H18ClN3O2/c1-10(17)13-9-14(11-3-5-12(16)6-4-11)18-19(15(13)20)7-8-21-2/h3-6,9-10H,7-8,17H2,1-2H3. The fourth-order valence-corrected chi connectivity index (χ4v) is 2.11. The van der Waals surface area contributed by atoms with Gasteiger partial charge in [0.15, 0.2) is 0 Å². The van der Waals surface area contributed by atoms with Gasteiger partial charge in [0, 0.05) is 29.3 Å². The van der Waals surface area contributed by atoms with Crippen LogP contribution in [0, 0.1) is 0 Å². The van der Waals surface area contributed by atoms with Crippen molar-refractivity contribution in [2.45, 2.75) is 19.5 Å². The maximum Gasteiger partial charge on any atom is 0.271 e. The number of halogens is 1. The number of rotatable bonds is 5. The highest BCUT2D eigenvalue weighted by Gasteiger charge is 2.12. The molecule has 0 aliphatic rings. The highest BCUT2D eigenvalue weighted by Crippen LogP contribution is 2.20. The average molecular weight is 308 g/mol. The molecule has 2 aromatic rings. The van der Waals surface area contributed by atoms with Gasteiger partial charge in [0.2, 0.25) is 0 Å². The van der Waals surface area contributed by atoms with Gasteiger partial charge in [-0.15, -0.1) is 0 Å². The Morgan fingerprint density at radius 2 is 2.05 bits per heavy atom. The van der Waals surface area contributed by atoms with E-state index in [4.69, 9.17) is 22.1 Å². The largest absolute Gasteiger partial charge is 0.383 e. The quantitative estimate of drug-likeness (QED) is 0.919. The fraction of sp³-hybridized carbons (Fsp3) is 0.333. The number of hydrogen-bond donors (Lipinski definition) is 1. The van der Waals surface area contributed by atoms with Crippen LogP contribution in [0.1, 0.15) is 18.5 Å². The summed E-state index contributed by atoms with van der Waals surface area (Å²) in [4.78, 5) is 12.3. The van der Waals surface area contributed by atoms with Crippen LogP contribution in [0.3, 0.4) is 0 Å². The molecule has 1 aromatic carbocycles. The molecule has 0 amide bonds. The SMILES string of the molecule is COCCn1nc(-c2ccc(Cl)cc2)cc(C(C)N)c1=O. The molecule has 2 N–H and O–H groups in total. The van der Waals surface area contributed by atoms with Crippen molar-refractivity contribution < 1.29 is 4.74 Å².